The van der Waals surface area contributed by atoms with Crippen molar-refractivity contribution in [1.82, 2.24) is 9.97 Å². The molecule has 4 rings (SSSR count). The standard InChI is InChI=1S/C18H21N3O/c1-2-13-10-19-16(11-7-8-11)18(20-13)21-17-14-6-4-3-5-12(14)9-15(17)22/h3-6,10-11,15,17,22H,2,7-9H2,1H3,(H,20,21)/t15-,17+/m0/s1. The van der Waals surface area contributed by atoms with E-state index in [0.29, 0.717) is 12.3 Å². The molecule has 0 amide bonds. The summed E-state index contributed by atoms with van der Waals surface area (Å²) >= 11 is 0. The van der Waals surface area contributed by atoms with Crippen molar-refractivity contribution in [1.29, 1.82) is 0 Å². The molecule has 2 atom stereocenters. The van der Waals surface area contributed by atoms with Crippen molar-refractivity contribution in [3.63, 3.8) is 0 Å². The highest BCUT2D eigenvalue weighted by molar-refractivity contribution is 5.50. The van der Waals surface area contributed by atoms with E-state index in [-0.39, 0.29) is 6.04 Å². The van der Waals surface area contributed by atoms with Gasteiger partial charge in [0.1, 0.15) is 5.82 Å². The summed E-state index contributed by atoms with van der Waals surface area (Å²) in [6.45, 7) is 2.09. The van der Waals surface area contributed by atoms with Gasteiger partial charge in [0.15, 0.2) is 0 Å². The second-order valence-electron chi connectivity index (χ2n) is 6.32. The summed E-state index contributed by atoms with van der Waals surface area (Å²) in [6, 6.07) is 8.16. The van der Waals surface area contributed by atoms with Gasteiger partial charge in [-0.2, -0.15) is 0 Å². The van der Waals surface area contributed by atoms with Crippen molar-refractivity contribution in [2.24, 2.45) is 0 Å². The molecule has 1 fully saturated rings. The first-order valence-corrected chi connectivity index (χ1v) is 8.14. The second kappa shape index (κ2) is 5.36. The maximum atomic E-state index is 10.4. The predicted molar refractivity (Wildman–Crippen MR) is 85.9 cm³/mol. The minimum atomic E-state index is -0.406. The van der Waals surface area contributed by atoms with Gasteiger partial charge in [0.05, 0.1) is 23.5 Å². The summed E-state index contributed by atoms with van der Waals surface area (Å²) in [4.78, 5) is 9.37. The molecule has 4 nitrogen and oxygen atoms in total. The van der Waals surface area contributed by atoms with Crippen LogP contribution in [-0.4, -0.2) is 21.2 Å². The third-order valence-corrected chi connectivity index (χ3v) is 4.67. The number of fused-ring (bicyclic) bond motifs is 1. The van der Waals surface area contributed by atoms with Crippen LogP contribution < -0.4 is 5.32 Å². The Kier molecular flexibility index (Phi) is 3.34. The Bertz CT molecular complexity index is 696. The number of benzene rings is 1. The molecule has 2 N–H and O–H groups in total. The minimum Gasteiger partial charge on any atom is -0.390 e. The van der Waals surface area contributed by atoms with E-state index in [1.165, 1.54) is 24.0 Å². The number of anilines is 1. The van der Waals surface area contributed by atoms with Crippen molar-refractivity contribution in [3.8, 4) is 0 Å². The lowest BCUT2D eigenvalue weighted by molar-refractivity contribution is 0.165. The summed E-state index contributed by atoms with van der Waals surface area (Å²) in [7, 11) is 0. The van der Waals surface area contributed by atoms with Crippen molar-refractivity contribution < 1.29 is 5.11 Å². The van der Waals surface area contributed by atoms with E-state index >= 15 is 0 Å². The fourth-order valence-corrected chi connectivity index (χ4v) is 3.26. The first-order chi connectivity index (χ1) is 10.8. The van der Waals surface area contributed by atoms with Gasteiger partial charge in [-0.3, -0.25) is 4.98 Å². The molecule has 1 aromatic heterocycles. The Morgan fingerprint density at radius 1 is 1.27 bits per heavy atom. The van der Waals surface area contributed by atoms with Crippen molar-refractivity contribution >= 4 is 5.82 Å². The molecule has 0 aliphatic heterocycles. The SMILES string of the molecule is CCc1cnc(C2CC2)c(N[C@@H]2c3ccccc3C[C@@H]2O)n1. The highest BCUT2D eigenvalue weighted by Gasteiger charge is 2.34. The molecule has 0 unspecified atom stereocenters. The Morgan fingerprint density at radius 2 is 2.09 bits per heavy atom. The van der Waals surface area contributed by atoms with E-state index in [4.69, 9.17) is 4.98 Å². The minimum absolute atomic E-state index is 0.0879. The zero-order chi connectivity index (χ0) is 15.1. The maximum Gasteiger partial charge on any atom is 0.148 e. The molecule has 2 aliphatic rings. The normalized spacial score (nSPS) is 23.4. The predicted octanol–water partition coefficient (Wildman–Crippen LogP) is 2.99. The molecule has 114 valence electrons. The van der Waals surface area contributed by atoms with E-state index in [1.807, 2.05) is 18.3 Å². The van der Waals surface area contributed by atoms with Crippen LogP contribution in [0.3, 0.4) is 0 Å². The maximum absolute atomic E-state index is 10.4. The average Bonchev–Trinajstić information content (AvgIpc) is 3.33. The Morgan fingerprint density at radius 3 is 2.86 bits per heavy atom. The number of hydrogen-bond donors (Lipinski definition) is 2. The van der Waals surface area contributed by atoms with E-state index < -0.39 is 6.10 Å². The molecule has 1 saturated carbocycles. The second-order valence-corrected chi connectivity index (χ2v) is 6.32. The van der Waals surface area contributed by atoms with Crippen molar-refractivity contribution in [2.75, 3.05) is 5.32 Å². The molecule has 0 radical (unpaired) electrons. The highest BCUT2D eigenvalue weighted by atomic mass is 16.3. The third-order valence-electron chi connectivity index (χ3n) is 4.67. The van der Waals surface area contributed by atoms with E-state index in [1.54, 1.807) is 0 Å². The van der Waals surface area contributed by atoms with Crippen LogP contribution >= 0.6 is 0 Å². The zero-order valence-electron chi connectivity index (χ0n) is 12.8. The smallest absolute Gasteiger partial charge is 0.148 e. The van der Waals surface area contributed by atoms with Crippen LogP contribution in [0.1, 0.15) is 54.2 Å². The van der Waals surface area contributed by atoms with Gasteiger partial charge in [-0.05, 0) is 30.4 Å². The van der Waals surface area contributed by atoms with Gasteiger partial charge in [0, 0.05) is 18.5 Å². The Labute approximate surface area is 130 Å². The molecule has 0 spiro atoms. The first-order valence-electron chi connectivity index (χ1n) is 8.14. The van der Waals surface area contributed by atoms with Gasteiger partial charge in [0.2, 0.25) is 0 Å². The summed E-state index contributed by atoms with van der Waals surface area (Å²) in [6.07, 6.45) is 5.44. The Hall–Kier alpha value is -1.94. The fraction of sp³-hybridized carbons (Fsp3) is 0.444. The number of aliphatic hydroxyl groups excluding tert-OH is 1. The molecule has 1 aromatic carbocycles. The van der Waals surface area contributed by atoms with Crippen LogP contribution in [0.5, 0.6) is 0 Å². The number of aryl methyl sites for hydroxylation is 1. The number of aromatic nitrogens is 2. The summed E-state index contributed by atoms with van der Waals surface area (Å²) in [5.41, 5.74) is 4.46. The number of nitrogens with one attached hydrogen (secondary N) is 1. The largest absolute Gasteiger partial charge is 0.390 e. The summed E-state index contributed by atoms with van der Waals surface area (Å²) in [5.74, 6) is 1.40. The number of hydrogen-bond acceptors (Lipinski definition) is 4. The highest BCUT2D eigenvalue weighted by Crippen LogP contribution is 2.43. The molecular formula is C18H21N3O. The van der Waals surface area contributed by atoms with Crippen molar-refractivity contribution in [2.45, 2.75) is 50.7 Å². The van der Waals surface area contributed by atoms with E-state index in [2.05, 4.69) is 29.4 Å². The Balaban J connectivity index is 1.68. The summed E-state index contributed by atoms with van der Waals surface area (Å²) < 4.78 is 0. The molecule has 2 aliphatic carbocycles. The number of aliphatic hydroxyl groups is 1. The topological polar surface area (TPSA) is 58.0 Å². The van der Waals surface area contributed by atoms with Crippen LogP contribution in [0.15, 0.2) is 30.5 Å². The molecule has 0 saturated heterocycles. The van der Waals surface area contributed by atoms with Gasteiger partial charge < -0.3 is 10.4 Å². The number of nitrogens with zero attached hydrogens (tertiary/aromatic N) is 2. The third kappa shape index (κ3) is 2.37. The zero-order valence-corrected chi connectivity index (χ0v) is 12.8. The molecule has 22 heavy (non-hydrogen) atoms. The van der Waals surface area contributed by atoms with Gasteiger partial charge in [-0.25, -0.2) is 4.98 Å². The molecule has 0 bridgehead atoms. The van der Waals surface area contributed by atoms with Crippen LogP contribution in [0.2, 0.25) is 0 Å². The van der Waals surface area contributed by atoms with Gasteiger partial charge >= 0.3 is 0 Å². The average molecular weight is 295 g/mol. The fourth-order valence-electron chi connectivity index (χ4n) is 3.26. The summed E-state index contributed by atoms with van der Waals surface area (Å²) in [5, 5.41) is 13.9. The number of rotatable bonds is 4. The van der Waals surface area contributed by atoms with Gasteiger partial charge in [-0.1, -0.05) is 31.2 Å². The lowest BCUT2D eigenvalue weighted by Crippen LogP contribution is -2.23. The first kappa shape index (κ1) is 13.7. The van der Waals surface area contributed by atoms with Gasteiger partial charge in [-0.15, -0.1) is 0 Å². The molecular weight excluding hydrogens is 274 g/mol. The molecule has 4 heteroatoms. The molecule has 2 aromatic rings. The van der Waals surface area contributed by atoms with Crippen LogP contribution in [-0.2, 0) is 12.8 Å². The van der Waals surface area contributed by atoms with Crippen molar-refractivity contribution in [3.05, 3.63) is 53.0 Å². The lowest BCUT2D eigenvalue weighted by atomic mass is 10.1. The monoisotopic (exact) mass is 295 g/mol. The van der Waals surface area contributed by atoms with E-state index in [9.17, 15) is 5.11 Å². The molecule has 1 heterocycles. The van der Waals surface area contributed by atoms with Crippen LogP contribution in [0, 0.1) is 0 Å². The van der Waals surface area contributed by atoms with Crippen LogP contribution in [0.4, 0.5) is 5.82 Å². The quantitative estimate of drug-likeness (QED) is 0.910. The van der Waals surface area contributed by atoms with E-state index in [0.717, 1.165) is 23.6 Å². The van der Waals surface area contributed by atoms with Gasteiger partial charge in [0.25, 0.3) is 0 Å². The lowest BCUT2D eigenvalue weighted by Gasteiger charge is -2.20. The van der Waals surface area contributed by atoms with Crippen LogP contribution in [0.25, 0.3) is 0 Å².